The van der Waals surface area contributed by atoms with E-state index in [-0.39, 0.29) is 5.75 Å². The average Bonchev–Trinajstić information content (AvgIpc) is 2.89. The van der Waals surface area contributed by atoms with Gasteiger partial charge in [-0.05, 0) is 41.8 Å². The highest BCUT2D eigenvalue weighted by Gasteiger charge is 2.49. The normalized spacial score (nSPS) is 22.8. The SMILES string of the molecule is NC1=NC(c2cccc(O)c2)(c2cccc(Br)c2)C2=NCCCN12. The van der Waals surface area contributed by atoms with Crippen LogP contribution in [0.3, 0.4) is 0 Å². The van der Waals surface area contributed by atoms with E-state index >= 15 is 0 Å². The molecule has 2 heterocycles. The monoisotopic (exact) mass is 384 g/mol. The van der Waals surface area contributed by atoms with Crippen molar-refractivity contribution in [2.75, 3.05) is 13.1 Å². The molecule has 0 saturated carbocycles. The molecule has 0 aromatic heterocycles. The van der Waals surface area contributed by atoms with Gasteiger partial charge in [-0.2, -0.15) is 0 Å². The second kappa shape index (κ2) is 5.63. The number of guanidine groups is 1. The Morgan fingerprint density at radius 2 is 1.88 bits per heavy atom. The molecule has 2 aromatic rings. The summed E-state index contributed by atoms with van der Waals surface area (Å²) < 4.78 is 0.961. The lowest BCUT2D eigenvalue weighted by molar-refractivity contribution is 0.473. The topological polar surface area (TPSA) is 74.2 Å². The zero-order valence-electron chi connectivity index (χ0n) is 13.0. The molecule has 0 spiro atoms. The molecule has 6 heteroatoms. The molecular formula is C18H17BrN4O. The Morgan fingerprint density at radius 1 is 1.12 bits per heavy atom. The molecule has 0 aliphatic carbocycles. The molecule has 24 heavy (non-hydrogen) atoms. The number of hydrogen-bond acceptors (Lipinski definition) is 5. The van der Waals surface area contributed by atoms with Crippen LogP contribution in [-0.2, 0) is 5.54 Å². The number of halogens is 1. The maximum atomic E-state index is 10.0. The summed E-state index contributed by atoms with van der Waals surface area (Å²) in [7, 11) is 0. The van der Waals surface area contributed by atoms with Crippen molar-refractivity contribution in [3.8, 4) is 5.75 Å². The first-order chi connectivity index (χ1) is 11.6. The van der Waals surface area contributed by atoms with Crippen molar-refractivity contribution in [1.29, 1.82) is 0 Å². The van der Waals surface area contributed by atoms with Crippen molar-refractivity contribution in [3.63, 3.8) is 0 Å². The van der Waals surface area contributed by atoms with Gasteiger partial charge < -0.3 is 10.8 Å². The lowest BCUT2D eigenvalue weighted by Crippen LogP contribution is -2.46. The first kappa shape index (κ1) is 15.2. The Hall–Kier alpha value is -2.34. The van der Waals surface area contributed by atoms with E-state index in [9.17, 15) is 5.11 Å². The van der Waals surface area contributed by atoms with Crippen LogP contribution in [-0.4, -0.2) is 34.9 Å². The summed E-state index contributed by atoms with van der Waals surface area (Å²) in [6.45, 7) is 1.56. The van der Waals surface area contributed by atoms with E-state index in [0.717, 1.165) is 40.9 Å². The van der Waals surface area contributed by atoms with Gasteiger partial charge in [-0.25, -0.2) is 4.99 Å². The minimum absolute atomic E-state index is 0.200. The van der Waals surface area contributed by atoms with Gasteiger partial charge in [0.25, 0.3) is 0 Å². The summed E-state index contributed by atoms with van der Waals surface area (Å²) in [5.74, 6) is 1.50. The number of hydrogen-bond donors (Lipinski definition) is 2. The summed E-state index contributed by atoms with van der Waals surface area (Å²) in [5, 5.41) is 10.0. The lowest BCUT2D eigenvalue weighted by Gasteiger charge is -2.33. The fourth-order valence-corrected chi connectivity index (χ4v) is 3.82. The number of aliphatic imine (C=N–C) groups is 2. The van der Waals surface area contributed by atoms with Crippen LogP contribution in [0.15, 0.2) is 63.0 Å². The van der Waals surface area contributed by atoms with E-state index in [1.54, 1.807) is 12.1 Å². The molecule has 4 rings (SSSR count). The van der Waals surface area contributed by atoms with Gasteiger partial charge >= 0.3 is 0 Å². The molecule has 0 saturated heterocycles. The standard InChI is InChI=1S/C18H17BrN4O/c19-14-6-1-4-12(10-14)18(13-5-2-7-15(24)11-13)16-21-8-3-9-23(16)17(20)22-18/h1-2,4-7,10-11,24H,3,8-9H2,(H2,20,22). The highest BCUT2D eigenvalue weighted by Crippen LogP contribution is 2.42. The maximum Gasteiger partial charge on any atom is 0.198 e. The van der Waals surface area contributed by atoms with Gasteiger partial charge in [0.1, 0.15) is 11.6 Å². The fourth-order valence-electron chi connectivity index (χ4n) is 3.42. The number of phenolic OH excluding ortho intramolecular Hbond substituents is 1. The smallest absolute Gasteiger partial charge is 0.198 e. The number of aromatic hydroxyl groups is 1. The van der Waals surface area contributed by atoms with Crippen LogP contribution in [0.4, 0.5) is 0 Å². The summed E-state index contributed by atoms with van der Waals surface area (Å²) in [6.07, 6.45) is 0.953. The number of nitrogens with two attached hydrogens (primary N) is 1. The first-order valence-electron chi connectivity index (χ1n) is 7.84. The zero-order chi connectivity index (χ0) is 16.7. The molecule has 3 N–H and O–H groups in total. The van der Waals surface area contributed by atoms with Crippen molar-refractivity contribution in [3.05, 3.63) is 64.1 Å². The van der Waals surface area contributed by atoms with Crippen LogP contribution in [0, 0.1) is 0 Å². The van der Waals surface area contributed by atoms with E-state index < -0.39 is 5.54 Å². The predicted molar refractivity (Wildman–Crippen MR) is 98.3 cm³/mol. The van der Waals surface area contributed by atoms with Gasteiger partial charge in [0, 0.05) is 17.6 Å². The van der Waals surface area contributed by atoms with Crippen LogP contribution < -0.4 is 5.73 Å². The maximum absolute atomic E-state index is 10.0. The van der Waals surface area contributed by atoms with Gasteiger partial charge in [-0.15, -0.1) is 0 Å². The van der Waals surface area contributed by atoms with Crippen molar-refractivity contribution >= 4 is 27.7 Å². The molecule has 0 fully saturated rings. The zero-order valence-corrected chi connectivity index (χ0v) is 14.6. The van der Waals surface area contributed by atoms with Gasteiger partial charge in [0.05, 0.1) is 0 Å². The third-order valence-corrected chi connectivity index (χ3v) is 4.94. The Morgan fingerprint density at radius 3 is 2.62 bits per heavy atom. The molecule has 2 aliphatic rings. The Bertz CT molecular complexity index is 816. The number of rotatable bonds is 2. The van der Waals surface area contributed by atoms with Crippen molar-refractivity contribution in [1.82, 2.24) is 4.90 Å². The van der Waals surface area contributed by atoms with Gasteiger partial charge in [0.2, 0.25) is 0 Å². The summed E-state index contributed by atoms with van der Waals surface area (Å²) in [6, 6.07) is 15.2. The minimum Gasteiger partial charge on any atom is -0.508 e. The van der Waals surface area contributed by atoms with Crippen LogP contribution >= 0.6 is 15.9 Å². The predicted octanol–water partition coefficient (Wildman–Crippen LogP) is 2.83. The number of benzene rings is 2. The summed E-state index contributed by atoms with van der Waals surface area (Å²) in [5.41, 5.74) is 7.23. The Labute approximate surface area is 148 Å². The highest BCUT2D eigenvalue weighted by atomic mass is 79.9. The summed E-state index contributed by atoms with van der Waals surface area (Å²) in [4.78, 5) is 11.6. The molecule has 122 valence electrons. The van der Waals surface area contributed by atoms with E-state index in [4.69, 9.17) is 15.7 Å². The van der Waals surface area contributed by atoms with Crippen LogP contribution in [0.2, 0.25) is 0 Å². The van der Waals surface area contributed by atoms with Crippen LogP contribution in [0.25, 0.3) is 0 Å². The minimum atomic E-state index is -0.826. The highest BCUT2D eigenvalue weighted by molar-refractivity contribution is 9.10. The fraction of sp³-hybridized carbons (Fsp3) is 0.222. The number of fused-ring (bicyclic) bond motifs is 1. The lowest BCUT2D eigenvalue weighted by atomic mass is 9.82. The molecule has 1 atom stereocenters. The molecule has 0 radical (unpaired) electrons. The molecule has 2 aliphatic heterocycles. The van der Waals surface area contributed by atoms with Gasteiger partial charge in [-0.1, -0.05) is 40.2 Å². The molecular weight excluding hydrogens is 368 g/mol. The van der Waals surface area contributed by atoms with Crippen molar-refractivity contribution in [2.24, 2.45) is 15.7 Å². The third kappa shape index (κ3) is 2.21. The Kier molecular flexibility index (Phi) is 3.57. The largest absolute Gasteiger partial charge is 0.508 e. The molecule has 2 aromatic carbocycles. The van der Waals surface area contributed by atoms with Crippen LogP contribution in [0.5, 0.6) is 5.75 Å². The molecule has 0 amide bonds. The van der Waals surface area contributed by atoms with E-state index in [1.807, 2.05) is 41.3 Å². The second-order valence-corrected chi connectivity index (χ2v) is 6.87. The van der Waals surface area contributed by atoms with Crippen molar-refractivity contribution < 1.29 is 5.11 Å². The van der Waals surface area contributed by atoms with E-state index in [0.29, 0.717) is 5.96 Å². The molecule has 0 bridgehead atoms. The number of phenols is 1. The Balaban J connectivity index is 2.02. The first-order valence-corrected chi connectivity index (χ1v) is 8.64. The quantitative estimate of drug-likeness (QED) is 0.835. The molecule has 1 unspecified atom stereocenters. The second-order valence-electron chi connectivity index (χ2n) is 5.95. The van der Waals surface area contributed by atoms with Gasteiger partial charge in [-0.3, -0.25) is 9.89 Å². The van der Waals surface area contributed by atoms with Crippen molar-refractivity contribution in [2.45, 2.75) is 12.0 Å². The molecule has 5 nitrogen and oxygen atoms in total. The number of amidine groups is 1. The summed E-state index contributed by atoms with van der Waals surface area (Å²) >= 11 is 3.54. The number of nitrogens with zero attached hydrogens (tertiary/aromatic N) is 3. The van der Waals surface area contributed by atoms with E-state index in [2.05, 4.69) is 15.9 Å². The average molecular weight is 385 g/mol. The third-order valence-electron chi connectivity index (χ3n) is 4.45. The van der Waals surface area contributed by atoms with E-state index in [1.165, 1.54) is 0 Å². The van der Waals surface area contributed by atoms with Crippen LogP contribution in [0.1, 0.15) is 17.5 Å². The van der Waals surface area contributed by atoms with Gasteiger partial charge in [0.15, 0.2) is 11.5 Å².